The van der Waals surface area contributed by atoms with Gasteiger partial charge in [-0.3, -0.25) is 0 Å². The van der Waals surface area contributed by atoms with Gasteiger partial charge in [0.05, 0.1) is 6.54 Å². The molecule has 0 amide bonds. The fraction of sp³-hybridized carbons (Fsp3) is 1.00. The molecule has 0 heterocycles. The predicted octanol–water partition coefficient (Wildman–Crippen LogP) is 2.19. The third kappa shape index (κ3) is 4.53. The highest BCUT2D eigenvalue weighted by Gasteiger charge is 2.30. The van der Waals surface area contributed by atoms with Crippen LogP contribution < -0.4 is 5.73 Å². The van der Waals surface area contributed by atoms with E-state index in [0.717, 1.165) is 12.8 Å². The van der Waals surface area contributed by atoms with Crippen LogP contribution in [0.4, 0.5) is 8.78 Å². The molecule has 68 valence electrons. The molecule has 0 aromatic rings. The van der Waals surface area contributed by atoms with Gasteiger partial charge in [-0.2, -0.15) is 0 Å². The molecule has 11 heavy (non-hydrogen) atoms. The monoisotopic (exact) mass is 185 g/mol. The first-order valence-corrected chi connectivity index (χ1v) is 3.72. The second-order valence-electron chi connectivity index (χ2n) is 3.04. The zero-order valence-corrected chi connectivity index (χ0v) is 7.17. The first-order valence-electron chi connectivity index (χ1n) is 3.72. The van der Waals surface area contributed by atoms with E-state index in [9.17, 15) is 8.78 Å². The molecule has 2 N–H and O–H groups in total. The Morgan fingerprint density at radius 1 is 1.36 bits per heavy atom. The highest BCUT2D eigenvalue weighted by Crippen LogP contribution is 2.36. The number of hydrogen-bond acceptors (Lipinski definition) is 1. The van der Waals surface area contributed by atoms with Gasteiger partial charge in [0, 0.05) is 6.42 Å². The summed E-state index contributed by atoms with van der Waals surface area (Å²) in [5.74, 6) is -2.03. The van der Waals surface area contributed by atoms with E-state index >= 15 is 0 Å². The van der Waals surface area contributed by atoms with Crippen molar-refractivity contribution in [1.29, 1.82) is 0 Å². The molecule has 0 saturated heterocycles. The van der Waals surface area contributed by atoms with Crippen LogP contribution in [0.25, 0.3) is 0 Å². The summed E-state index contributed by atoms with van der Waals surface area (Å²) in [4.78, 5) is 0. The maximum absolute atomic E-state index is 12.4. The molecule has 0 bridgehead atoms. The van der Waals surface area contributed by atoms with E-state index in [4.69, 9.17) is 5.73 Å². The number of halogens is 3. The fourth-order valence-electron chi connectivity index (χ4n) is 0.924. The summed E-state index contributed by atoms with van der Waals surface area (Å²) in [5.41, 5.74) is 4.86. The maximum atomic E-state index is 12.4. The van der Waals surface area contributed by atoms with E-state index < -0.39 is 12.5 Å². The highest BCUT2D eigenvalue weighted by atomic mass is 35.5. The molecule has 0 spiro atoms. The van der Waals surface area contributed by atoms with Crippen LogP contribution in [0.1, 0.15) is 25.7 Å². The Labute approximate surface area is 71.7 Å². The Bertz CT molecular complexity index is 115. The third-order valence-corrected chi connectivity index (χ3v) is 1.91. The van der Waals surface area contributed by atoms with Crippen LogP contribution in [0.3, 0.4) is 0 Å². The lowest BCUT2D eigenvalue weighted by atomic mass is 10.1. The maximum Gasteiger partial charge on any atom is 0.260 e. The summed E-state index contributed by atoms with van der Waals surface area (Å²) in [6.45, 7) is -0.500. The second-order valence-corrected chi connectivity index (χ2v) is 3.04. The van der Waals surface area contributed by atoms with Crippen molar-refractivity contribution < 1.29 is 8.78 Å². The minimum atomic E-state index is -2.61. The number of nitrogens with two attached hydrogens (primary N) is 1. The molecule has 1 fully saturated rings. The van der Waals surface area contributed by atoms with Crippen molar-refractivity contribution in [2.45, 2.75) is 31.6 Å². The molecule has 1 rings (SSSR count). The zero-order valence-electron chi connectivity index (χ0n) is 6.35. The van der Waals surface area contributed by atoms with Crippen LogP contribution in [0.2, 0.25) is 0 Å². The largest absolute Gasteiger partial charge is 0.325 e. The first kappa shape index (κ1) is 11.1. The summed E-state index contributed by atoms with van der Waals surface area (Å²) < 4.78 is 24.8. The smallest absolute Gasteiger partial charge is 0.260 e. The molecule has 1 aliphatic carbocycles. The zero-order chi connectivity index (χ0) is 7.61. The van der Waals surface area contributed by atoms with Gasteiger partial charge in [-0.1, -0.05) is 12.8 Å². The normalized spacial score (nSPS) is 17.7. The van der Waals surface area contributed by atoms with Gasteiger partial charge in [-0.05, 0) is 12.3 Å². The van der Waals surface area contributed by atoms with Crippen LogP contribution in [0.5, 0.6) is 0 Å². The summed E-state index contributed by atoms with van der Waals surface area (Å²) in [7, 11) is 0. The molecule has 1 aliphatic rings. The van der Waals surface area contributed by atoms with Gasteiger partial charge in [0.25, 0.3) is 5.92 Å². The minimum absolute atomic E-state index is 0. The van der Waals surface area contributed by atoms with Crippen molar-refractivity contribution in [3.63, 3.8) is 0 Å². The SMILES string of the molecule is Cl.NCC(F)(F)CCC1CC1. The van der Waals surface area contributed by atoms with Crippen LogP contribution >= 0.6 is 12.4 Å². The van der Waals surface area contributed by atoms with E-state index in [1.807, 2.05) is 0 Å². The van der Waals surface area contributed by atoms with Crippen molar-refractivity contribution in [3.8, 4) is 0 Å². The van der Waals surface area contributed by atoms with Crippen LogP contribution in [-0.2, 0) is 0 Å². The standard InChI is InChI=1S/C7H13F2N.ClH/c8-7(9,5-10)4-3-6-1-2-6;/h6H,1-5,10H2;1H. The molecule has 0 aliphatic heterocycles. The van der Waals surface area contributed by atoms with E-state index in [1.165, 1.54) is 0 Å². The molecule has 1 nitrogen and oxygen atoms in total. The molecule has 0 radical (unpaired) electrons. The molecule has 0 unspecified atom stereocenters. The molecule has 0 aromatic carbocycles. The summed E-state index contributed by atoms with van der Waals surface area (Å²) >= 11 is 0. The van der Waals surface area contributed by atoms with Gasteiger partial charge in [0.2, 0.25) is 0 Å². The van der Waals surface area contributed by atoms with Gasteiger partial charge in [-0.25, -0.2) is 8.78 Å². The highest BCUT2D eigenvalue weighted by molar-refractivity contribution is 5.85. The predicted molar refractivity (Wildman–Crippen MR) is 43.2 cm³/mol. The van der Waals surface area contributed by atoms with E-state index in [0.29, 0.717) is 12.3 Å². The van der Waals surface area contributed by atoms with Gasteiger partial charge in [0.1, 0.15) is 0 Å². The number of hydrogen-bond donors (Lipinski definition) is 1. The number of alkyl halides is 2. The Balaban J connectivity index is 0.000001000. The summed E-state index contributed by atoms with van der Waals surface area (Å²) in [6.07, 6.45) is 2.92. The Hall–Kier alpha value is 0.110. The molecule has 0 atom stereocenters. The molecular formula is C7H14ClF2N. The van der Waals surface area contributed by atoms with Crippen LogP contribution in [-0.4, -0.2) is 12.5 Å². The fourth-order valence-corrected chi connectivity index (χ4v) is 0.924. The van der Waals surface area contributed by atoms with Gasteiger partial charge in [0.15, 0.2) is 0 Å². The third-order valence-electron chi connectivity index (χ3n) is 1.91. The Morgan fingerprint density at radius 2 is 1.91 bits per heavy atom. The van der Waals surface area contributed by atoms with Gasteiger partial charge in [-0.15, -0.1) is 12.4 Å². The summed E-state index contributed by atoms with van der Waals surface area (Å²) in [6, 6.07) is 0. The van der Waals surface area contributed by atoms with Crippen LogP contribution in [0.15, 0.2) is 0 Å². The lowest BCUT2D eigenvalue weighted by Gasteiger charge is -2.12. The first-order chi connectivity index (χ1) is 4.64. The topological polar surface area (TPSA) is 26.0 Å². The molecule has 0 aromatic heterocycles. The van der Waals surface area contributed by atoms with Crippen LogP contribution in [0, 0.1) is 5.92 Å². The lowest BCUT2D eigenvalue weighted by molar-refractivity contribution is -0.00113. The van der Waals surface area contributed by atoms with Crippen molar-refractivity contribution in [3.05, 3.63) is 0 Å². The quantitative estimate of drug-likeness (QED) is 0.714. The average molecular weight is 186 g/mol. The van der Waals surface area contributed by atoms with Crippen molar-refractivity contribution in [2.24, 2.45) is 11.7 Å². The van der Waals surface area contributed by atoms with E-state index in [2.05, 4.69) is 0 Å². The van der Waals surface area contributed by atoms with E-state index in [-0.39, 0.29) is 18.8 Å². The second kappa shape index (κ2) is 4.21. The number of rotatable bonds is 4. The van der Waals surface area contributed by atoms with Crippen molar-refractivity contribution in [1.82, 2.24) is 0 Å². The van der Waals surface area contributed by atoms with Crippen molar-refractivity contribution >= 4 is 12.4 Å². The molecule has 4 heteroatoms. The lowest BCUT2D eigenvalue weighted by Crippen LogP contribution is -2.27. The van der Waals surface area contributed by atoms with Gasteiger partial charge < -0.3 is 5.73 Å². The van der Waals surface area contributed by atoms with Gasteiger partial charge >= 0.3 is 0 Å². The van der Waals surface area contributed by atoms with E-state index in [1.54, 1.807) is 0 Å². The summed E-state index contributed by atoms with van der Waals surface area (Å²) in [5, 5.41) is 0. The average Bonchev–Trinajstić information content (AvgIpc) is 2.66. The Kier molecular flexibility index (Phi) is 4.26. The molecule has 1 saturated carbocycles. The minimum Gasteiger partial charge on any atom is -0.325 e. The van der Waals surface area contributed by atoms with Crippen molar-refractivity contribution in [2.75, 3.05) is 6.54 Å². The Morgan fingerprint density at radius 3 is 2.27 bits per heavy atom. The molecular weight excluding hydrogens is 172 g/mol.